The predicted octanol–water partition coefficient (Wildman–Crippen LogP) is 2.92. The summed E-state index contributed by atoms with van der Waals surface area (Å²) >= 11 is 5.20. The number of thioether (sulfide) groups is 1. The molecule has 84 valence electrons. The third-order valence-corrected chi connectivity index (χ3v) is 3.57. The maximum absolute atomic E-state index is 5.51. The van der Waals surface area contributed by atoms with Crippen molar-refractivity contribution in [3.05, 3.63) is 46.5 Å². The first-order chi connectivity index (χ1) is 7.78. The van der Waals surface area contributed by atoms with Gasteiger partial charge in [0, 0.05) is 27.8 Å². The molecule has 0 fully saturated rings. The van der Waals surface area contributed by atoms with E-state index in [1.807, 2.05) is 12.1 Å². The van der Waals surface area contributed by atoms with E-state index in [-0.39, 0.29) is 0 Å². The van der Waals surface area contributed by atoms with Crippen molar-refractivity contribution in [2.45, 2.75) is 17.2 Å². The molecule has 1 heterocycles. The zero-order valence-corrected chi connectivity index (χ0v) is 11.0. The Morgan fingerprint density at radius 3 is 3.00 bits per heavy atom. The molecule has 5 heteroatoms. The molecule has 1 aromatic carbocycles. The normalized spacial score (nSPS) is 10.6. The van der Waals surface area contributed by atoms with E-state index in [0.717, 1.165) is 21.7 Å². The SMILES string of the molecule is NCc1cnc(CSc2cccc(Br)c2)[nH]1. The van der Waals surface area contributed by atoms with Crippen LogP contribution in [0.4, 0.5) is 0 Å². The number of aromatic nitrogens is 2. The summed E-state index contributed by atoms with van der Waals surface area (Å²) in [4.78, 5) is 8.66. The van der Waals surface area contributed by atoms with E-state index in [0.29, 0.717) is 6.54 Å². The molecule has 0 unspecified atom stereocenters. The Balaban J connectivity index is 1.96. The van der Waals surface area contributed by atoms with Gasteiger partial charge in [0.05, 0.1) is 5.75 Å². The number of nitrogens with one attached hydrogen (secondary N) is 1. The summed E-state index contributed by atoms with van der Waals surface area (Å²) in [7, 11) is 0. The van der Waals surface area contributed by atoms with E-state index in [4.69, 9.17) is 5.73 Å². The van der Waals surface area contributed by atoms with Gasteiger partial charge in [-0.3, -0.25) is 0 Å². The molecule has 0 spiro atoms. The Labute approximate surface area is 107 Å². The fraction of sp³-hybridized carbons (Fsp3) is 0.182. The van der Waals surface area contributed by atoms with Crippen molar-refractivity contribution >= 4 is 27.7 Å². The average molecular weight is 298 g/mol. The lowest BCUT2D eigenvalue weighted by Gasteiger charge is -1.99. The monoisotopic (exact) mass is 297 g/mol. The first kappa shape index (κ1) is 11.7. The molecule has 16 heavy (non-hydrogen) atoms. The minimum atomic E-state index is 0.508. The van der Waals surface area contributed by atoms with Crippen LogP contribution in [0.15, 0.2) is 39.8 Å². The molecule has 3 nitrogen and oxygen atoms in total. The Kier molecular flexibility index (Phi) is 4.04. The highest BCUT2D eigenvalue weighted by atomic mass is 79.9. The van der Waals surface area contributed by atoms with E-state index in [9.17, 15) is 0 Å². The summed E-state index contributed by atoms with van der Waals surface area (Å²) in [6.45, 7) is 0.508. The molecule has 0 atom stereocenters. The van der Waals surface area contributed by atoms with Crippen LogP contribution < -0.4 is 5.73 Å². The van der Waals surface area contributed by atoms with Gasteiger partial charge in [0.2, 0.25) is 0 Å². The van der Waals surface area contributed by atoms with Crippen LogP contribution in [0.5, 0.6) is 0 Å². The summed E-state index contributed by atoms with van der Waals surface area (Å²) in [6.07, 6.45) is 1.79. The molecule has 1 aromatic heterocycles. The van der Waals surface area contributed by atoms with Gasteiger partial charge in [-0.15, -0.1) is 11.8 Å². The molecule has 0 amide bonds. The number of hydrogen-bond acceptors (Lipinski definition) is 3. The Hall–Kier alpha value is -0.780. The number of rotatable bonds is 4. The lowest BCUT2D eigenvalue weighted by atomic mass is 10.4. The van der Waals surface area contributed by atoms with Crippen molar-refractivity contribution in [1.29, 1.82) is 0 Å². The molecule has 0 bridgehead atoms. The number of H-pyrrole nitrogens is 1. The van der Waals surface area contributed by atoms with Gasteiger partial charge >= 0.3 is 0 Å². The minimum Gasteiger partial charge on any atom is -0.344 e. The van der Waals surface area contributed by atoms with Crippen molar-refractivity contribution in [3.63, 3.8) is 0 Å². The zero-order chi connectivity index (χ0) is 11.4. The van der Waals surface area contributed by atoms with Gasteiger partial charge in [0.15, 0.2) is 0 Å². The largest absolute Gasteiger partial charge is 0.344 e. The molecule has 2 rings (SSSR count). The topological polar surface area (TPSA) is 54.7 Å². The van der Waals surface area contributed by atoms with Crippen LogP contribution in [0.25, 0.3) is 0 Å². The van der Waals surface area contributed by atoms with Crippen molar-refractivity contribution in [2.24, 2.45) is 5.73 Å². The second-order valence-electron chi connectivity index (χ2n) is 3.31. The third-order valence-electron chi connectivity index (χ3n) is 2.07. The standard InChI is InChI=1S/C11H12BrN3S/c12-8-2-1-3-10(4-8)16-7-11-14-6-9(5-13)15-11/h1-4,6H,5,7,13H2,(H,14,15). The average Bonchev–Trinajstić information content (AvgIpc) is 2.74. The maximum atomic E-state index is 5.51. The first-order valence-corrected chi connectivity index (χ1v) is 6.67. The van der Waals surface area contributed by atoms with Crippen LogP contribution in [0.3, 0.4) is 0 Å². The fourth-order valence-electron chi connectivity index (χ4n) is 1.29. The van der Waals surface area contributed by atoms with Gasteiger partial charge in [-0.25, -0.2) is 4.98 Å². The minimum absolute atomic E-state index is 0.508. The number of halogens is 1. The molecule has 0 saturated carbocycles. The molecule has 0 radical (unpaired) electrons. The van der Waals surface area contributed by atoms with Crippen molar-refractivity contribution in [3.8, 4) is 0 Å². The molecular weight excluding hydrogens is 286 g/mol. The molecule has 3 N–H and O–H groups in total. The number of hydrogen-bond donors (Lipinski definition) is 2. The van der Waals surface area contributed by atoms with Crippen LogP contribution in [0, 0.1) is 0 Å². The van der Waals surface area contributed by atoms with E-state index >= 15 is 0 Å². The molecule has 2 aromatic rings. The molecule has 0 aliphatic rings. The Morgan fingerprint density at radius 1 is 1.44 bits per heavy atom. The summed E-state index contributed by atoms with van der Waals surface area (Å²) in [5, 5.41) is 0. The highest BCUT2D eigenvalue weighted by molar-refractivity contribution is 9.10. The third kappa shape index (κ3) is 3.10. The number of nitrogens with zero attached hydrogens (tertiary/aromatic N) is 1. The van der Waals surface area contributed by atoms with Crippen molar-refractivity contribution < 1.29 is 0 Å². The van der Waals surface area contributed by atoms with Crippen molar-refractivity contribution in [2.75, 3.05) is 0 Å². The predicted molar refractivity (Wildman–Crippen MR) is 70.2 cm³/mol. The summed E-state index contributed by atoms with van der Waals surface area (Å²) < 4.78 is 1.10. The Morgan fingerprint density at radius 2 is 2.31 bits per heavy atom. The molecule has 0 aliphatic heterocycles. The highest BCUT2D eigenvalue weighted by Gasteiger charge is 2.01. The van der Waals surface area contributed by atoms with Crippen LogP contribution in [-0.4, -0.2) is 9.97 Å². The lowest BCUT2D eigenvalue weighted by molar-refractivity contribution is 0.993. The van der Waals surface area contributed by atoms with Crippen LogP contribution in [0.1, 0.15) is 11.5 Å². The number of aromatic amines is 1. The lowest BCUT2D eigenvalue weighted by Crippen LogP contribution is -1.96. The van der Waals surface area contributed by atoms with Gasteiger partial charge in [0.25, 0.3) is 0 Å². The smallest absolute Gasteiger partial charge is 0.116 e. The molecule has 0 saturated heterocycles. The van der Waals surface area contributed by atoms with E-state index in [1.165, 1.54) is 4.90 Å². The maximum Gasteiger partial charge on any atom is 0.116 e. The van der Waals surface area contributed by atoms with Crippen LogP contribution in [-0.2, 0) is 12.3 Å². The van der Waals surface area contributed by atoms with Crippen LogP contribution >= 0.6 is 27.7 Å². The van der Waals surface area contributed by atoms with Crippen molar-refractivity contribution in [1.82, 2.24) is 9.97 Å². The number of nitrogens with two attached hydrogens (primary N) is 1. The number of imidazole rings is 1. The summed E-state index contributed by atoms with van der Waals surface area (Å²) in [5.41, 5.74) is 6.48. The second kappa shape index (κ2) is 5.52. The first-order valence-electron chi connectivity index (χ1n) is 4.89. The molecular formula is C11H12BrN3S. The zero-order valence-electron chi connectivity index (χ0n) is 8.61. The van der Waals surface area contributed by atoms with E-state index in [2.05, 4.69) is 38.0 Å². The fourth-order valence-corrected chi connectivity index (χ4v) is 2.68. The Bertz CT molecular complexity index is 470. The summed E-state index contributed by atoms with van der Waals surface area (Å²) in [5.74, 6) is 1.79. The van der Waals surface area contributed by atoms with Gasteiger partial charge in [-0.05, 0) is 18.2 Å². The van der Waals surface area contributed by atoms with Gasteiger partial charge < -0.3 is 10.7 Å². The van der Waals surface area contributed by atoms with Gasteiger partial charge in [0.1, 0.15) is 5.82 Å². The van der Waals surface area contributed by atoms with Gasteiger partial charge in [-0.1, -0.05) is 22.0 Å². The van der Waals surface area contributed by atoms with Gasteiger partial charge in [-0.2, -0.15) is 0 Å². The van der Waals surface area contributed by atoms with Crippen LogP contribution in [0.2, 0.25) is 0 Å². The van der Waals surface area contributed by atoms with E-state index in [1.54, 1.807) is 18.0 Å². The summed E-state index contributed by atoms with van der Waals surface area (Å²) in [6, 6.07) is 8.23. The highest BCUT2D eigenvalue weighted by Crippen LogP contribution is 2.24. The van der Waals surface area contributed by atoms with E-state index < -0.39 is 0 Å². The molecule has 0 aliphatic carbocycles. The quantitative estimate of drug-likeness (QED) is 0.853. The number of benzene rings is 1. The second-order valence-corrected chi connectivity index (χ2v) is 5.27.